The van der Waals surface area contributed by atoms with Crippen LogP contribution in [0.4, 0.5) is 0 Å². The second-order valence-corrected chi connectivity index (χ2v) is 34.0. The molecule has 0 aliphatic rings. The Hall–Kier alpha value is -17.1. The van der Waals surface area contributed by atoms with Crippen LogP contribution in [-0.2, 0) is 63.2 Å². The zero-order valence-electron chi connectivity index (χ0n) is 74.5. The number of para-hydroxylation sites is 11. The minimum absolute atomic E-state index is 0. The number of aromatic nitrogens is 15. The SMILES string of the molecule is [Pt+2].[Pt+2].[Pt].[c-]1c(-n2cc(-n3c4ccccc4c4ccccc43)cn2)cccc1-n1c2[c-]c(Oc3ccccn3)ccc2c2ccccc21.[c-]1c(Oc2ccccn2)cccc1-n1c2[c-]c(-n3cc(-n4c5ccccc5c5ccccc54)cn3)ccc2c2ccccc21.[c-]1ccccc1-n1c2[c-]c(-n3c4[c-]c(-n5cc(-n6c7ccccc7c7ccccc76)cn5)ccc4c4ccccc43)ccc2c2ccccc21. The smallest absolute Gasteiger partial charge is 0.466 e. The molecule has 0 N–H and O–H groups in total. The molecule has 29 aromatic rings. The van der Waals surface area contributed by atoms with E-state index in [2.05, 4.69) is 406 Å². The van der Waals surface area contributed by atoms with Gasteiger partial charge < -0.3 is 41.4 Å². The van der Waals surface area contributed by atoms with Crippen LogP contribution in [0.1, 0.15) is 0 Å². The summed E-state index contributed by atoms with van der Waals surface area (Å²) in [4.78, 5) is 8.61. The number of hydrogen-bond acceptors (Lipinski definition) is 7. The van der Waals surface area contributed by atoms with Gasteiger partial charge in [-0.15, -0.1) is 113 Å². The predicted molar refractivity (Wildman–Crippen MR) is 552 cm³/mol. The third kappa shape index (κ3) is 14.9. The van der Waals surface area contributed by atoms with Gasteiger partial charge >= 0.3 is 42.1 Å². The summed E-state index contributed by atoms with van der Waals surface area (Å²) < 4.78 is 33.5. The number of rotatable bonds is 14. The van der Waals surface area contributed by atoms with Gasteiger partial charge in [0.25, 0.3) is 0 Å². The van der Waals surface area contributed by atoms with Crippen molar-refractivity contribution in [3.05, 3.63) is 480 Å². The van der Waals surface area contributed by atoms with Gasteiger partial charge in [-0.1, -0.05) is 239 Å². The Balaban J connectivity index is 0.000000114. The molecule has 0 atom stereocenters. The van der Waals surface area contributed by atoms with E-state index in [1.165, 1.54) is 43.1 Å². The largest absolute Gasteiger partial charge is 2.00 e. The first-order valence-corrected chi connectivity index (χ1v) is 45.6. The second-order valence-electron chi connectivity index (χ2n) is 34.0. The zero-order chi connectivity index (χ0) is 90.8. The van der Waals surface area contributed by atoms with Crippen molar-refractivity contribution in [1.29, 1.82) is 0 Å². The molecule has 17 aromatic carbocycles. The van der Waals surface area contributed by atoms with Crippen molar-refractivity contribution < 1.29 is 72.7 Å². The van der Waals surface area contributed by atoms with Crippen molar-refractivity contribution >= 4 is 153 Å². The summed E-state index contributed by atoms with van der Waals surface area (Å²) in [6, 6.07) is 159. The fourth-order valence-electron chi connectivity index (χ4n) is 20.2. The standard InChI is InChI=1S/C45H26N5.2C38H23N5O.3Pt/c1-2-12-30(13-3-1)48-40-18-8-6-16-36(40)39-25-23-32(27-45(39)48)49-41-19-9-7-17-37(41)38-24-22-31(26-44(38)49)47-29-33(28-46-47)50-42-20-10-4-14-34(42)35-15-5-11-21-43(35)50;1-5-16-35-30(12-1)31-13-2-6-17-36(31)43(35)28-24-40-41(25-28)26-19-20-33-32-14-3-4-15-34(32)42(37(33)23-26)27-10-9-11-29(22-27)44-38-18-7-8-21-39-38;1-5-16-35-30(12-1)31-13-2-6-17-36(31)43(35)28-24-40-41(25-28)26-10-9-11-27(22-26)42-34-15-4-3-14-32(34)33-20-19-29(23-37(33)42)44-38-18-7-8-21-39-38;;;/h1-12,14-25,28-29H;2*1-21,24-25H;;;/q-3;2*-2;;2*+2. The van der Waals surface area contributed by atoms with E-state index in [0.717, 1.165) is 166 Å². The molecular weight excluding hydrogens is 2280 g/mol. The first-order chi connectivity index (χ1) is 68.4. The molecular formula is C121H72N15O2Pt3-3. The third-order valence-electron chi connectivity index (χ3n) is 26.1. The Labute approximate surface area is 849 Å². The Morgan fingerprint density at radius 2 is 0.461 bits per heavy atom. The van der Waals surface area contributed by atoms with E-state index in [4.69, 9.17) is 24.8 Å². The Kier molecular flexibility index (Phi) is 22.2. The van der Waals surface area contributed by atoms with Crippen LogP contribution < -0.4 is 9.47 Å². The van der Waals surface area contributed by atoms with E-state index in [0.29, 0.717) is 23.3 Å². The van der Waals surface area contributed by atoms with Gasteiger partial charge in [0.2, 0.25) is 11.8 Å². The number of pyridine rings is 2. The van der Waals surface area contributed by atoms with Gasteiger partial charge in [-0.25, -0.2) is 9.97 Å². The normalized spacial score (nSPS) is 11.5. The summed E-state index contributed by atoms with van der Waals surface area (Å²) in [7, 11) is 0. The Bertz CT molecular complexity index is 9710. The molecule has 0 fully saturated rings. The molecule has 0 radical (unpaired) electrons. The van der Waals surface area contributed by atoms with Gasteiger partial charge in [-0.2, -0.15) is 76.0 Å². The second kappa shape index (κ2) is 36.1. The monoisotopic (exact) mass is 2350 g/mol. The number of nitrogens with zero attached hydrogens (tertiary/aromatic N) is 15. The molecule has 0 amide bonds. The van der Waals surface area contributed by atoms with E-state index in [1.54, 1.807) is 12.4 Å². The molecule has 0 bridgehead atoms. The summed E-state index contributed by atoms with van der Waals surface area (Å²) in [6.45, 7) is 0. The summed E-state index contributed by atoms with van der Waals surface area (Å²) in [5.74, 6) is 2.23. The molecule has 0 aliphatic heterocycles. The zero-order valence-corrected chi connectivity index (χ0v) is 81.4. The van der Waals surface area contributed by atoms with Crippen molar-refractivity contribution in [1.82, 2.24) is 71.3 Å². The maximum Gasteiger partial charge on any atom is 2.00 e. The fraction of sp³-hybridized carbons (Fsp3) is 0. The Morgan fingerprint density at radius 3 is 0.816 bits per heavy atom. The van der Waals surface area contributed by atoms with Gasteiger partial charge in [0, 0.05) is 111 Å². The van der Waals surface area contributed by atoms with Crippen LogP contribution in [-0.4, -0.2) is 71.3 Å². The van der Waals surface area contributed by atoms with Crippen molar-refractivity contribution in [2.24, 2.45) is 0 Å². The summed E-state index contributed by atoms with van der Waals surface area (Å²) in [5, 5.41) is 30.9. The molecule has 29 rings (SSSR count). The molecule has 17 nitrogen and oxygen atoms in total. The van der Waals surface area contributed by atoms with Crippen LogP contribution in [0.15, 0.2) is 438 Å². The van der Waals surface area contributed by atoms with Gasteiger partial charge in [0.1, 0.15) is 0 Å². The third-order valence-corrected chi connectivity index (χ3v) is 26.1. The van der Waals surface area contributed by atoms with Crippen molar-refractivity contribution in [3.63, 3.8) is 0 Å². The van der Waals surface area contributed by atoms with Crippen molar-refractivity contribution in [3.8, 4) is 80.1 Å². The van der Waals surface area contributed by atoms with E-state index in [-0.39, 0.29) is 63.2 Å². The molecule has 0 saturated heterocycles. The van der Waals surface area contributed by atoms with Crippen LogP contribution in [0.5, 0.6) is 23.3 Å². The van der Waals surface area contributed by atoms with Crippen LogP contribution in [0.2, 0.25) is 0 Å². The number of hydrogen-bond donors (Lipinski definition) is 0. The van der Waals surface area contributed by atoms with Gasteiger partial charge in [0.15, 0.2) is 0 Å². The van der Waals surface area contributed by atoms with E-state index < -0.39 is 0 Å². The van der Waals surface area contributed by atoms with E-state index in [1.807, 2.05) is 118 Å². The summed E-state index contributed by atoms with van der Waals surface area (Å²) >= 11 is 0. The fourth-order valence-corrected chi connectivity index (χ4v) is 20.2. The number of fused-ring (bicyclic) bond motifs is 21. The summed E-state index contributed by atoms with van der Waals surface area (Å²) in [5.41, 5.74) is 24.3. The minimum Gasteiger partial charge on any atom is -0.466 e. The van der Waals surface area contributed by atoms with Crippen LogP contribution in [0.25, 0.3) is 210 Å². The molecule has 676 valence electrons. The molecule has 20 heteroatoms. The predicted octanol–water partition coefficient (Wildman–Crippen LogP) is 28.3. The number of ether oxygens (including phenoxy) is 2. The average molecular weight is 2350 g/mol. The minimum atomic E-state index is 0. The maximum absolute atomic E-state index is 6.06. The Morgan fingerprint density at radius 1 is 0.199 bits per heavy atom. The van der Waals surface area contributed by atoms with Crippen LogP contribution in [0.3, 0.4) is 0 Å². The maximum atomic E-state index is 6.06. The molecule has 12 aromatic heterocycles. The first-order valence-electron chi connectivity index (χ1n) is 45.6. The molecule has 12 heterocycles. The molecule has 0 spiro atoms. The van der Waals surface area contributed by atoms with Gasteiger partial charge in [0.05, 0.1) is 87.3 Å². The van der Waals surface area contributed by atoms with Crippen LogP contribution >= 0.6 is 0 Å². The quantitative estimate of drug-likeness (QED) is 0.0990. The molecule has 0 aliphatic carbocycles. The van der Waals surface area contributed by atoms with Crippen molar-refractivity contribution in [2.75, 3.05) is 0 Å². The topological polar surface area (TPSA) is 132 Å². The molecule has 141 heavy (non-hydrogen) atoms. The van der Waals surface area contributed by atoms with Gasteiger partial charge in [-0.3, -0.25) is 14.0 Å². The van der Waals surface area contributed by atoms with Crippen LogP contribution in [0, 0.1) is 42.5 Å². The van der Waals surface area contributed by atoms with E-state index in [9.17, 15) is 0 Å². The molecule has 0 saturated carbocycles. The van der Waals surface area contributed by atoms with E-state index >= 15 is 0 Å². The molecule has 0 unspecified atom stereocenters. The van der Waals surface area contributed by atoms with Crippen molar-refractivity contribution in [2.45, 2.75) is 0 Å². The summed E-state index contributed by atoms with van der Waals surface area (Å²) in [6.07, 6.45) is 15.4. The van der Waals surface area contributed by atoms with Gasteiger partial charge in [-0.05, 0) is 111 Å². The first kappa shape index (κ1) is 86.8. The number of benzene rings is 17. The average Bonchev–Trinajstić information content (AvgIpc) is 1.56.